The third-order valence-corrected chi connectivity index (χ3v) is 5.80. The first-order chi connectivity index (χ1) is 15.9. The minimum Gasteiger partial charge on any atom is -0.370 e. The van der Waals surface area contributed by atoms with Gasteiger partial charge < -0.3 is 20.9 Å². The van der Waals surface area contributed by atoms with Gasteiger partial charge in [-0.25, -0.2) is 17.6 Å². The normalized spacial score (nSPS) is 17.5. The average molecular weight is 468 g/mol. The van der Waals surface area contributed by atoms with Crippen LogP contribution in [0.4, 0.5) is 23.2 Å². The molecule has 1 amide bonds. The Labute approximate surface area is 189 Å². The van der Waals surface area contributed by atoms with Crippen LogP contribution in [0.15, 0.2) is 29.2 Å². The summed E-state index contributed by atoms with van der Waals surface area (Å²) in [5.41, 5.74) is 6.29. The van der Waals surface area contributed by atoms with Gasteiger partial charge in [0.15, 0.2) is 0 Å². The number of nitrogens with two attached hydrogens (primary N) is 1. The van der Waals surface area contributed by atoms with E-state index in [0.717, 1.165) is 38.2 Å². The van der Waals surface area contributed by atoms with E-state index in [4.69, 9.17) is 5.73 Å². The SMILES string of the molecule is FCF.NCCCC1CCN(c2c(-c3cc(F)cc(F)c3)c[nH]c(=O)c2C(=O)NC2CC2)C1. The van der Waals surface area contributed by atoms with E-state index in [1.165, 1.54) is 18.3 Å². The lowest BCUT2D eigenvalue weighted by molar-refractivity contribution is 0.0950. The van der Waals surface area contributed by atoms with E-state index in [1.54, 1.807) is 0 Å². The van der Waals surface area contributed by atoms with Crippen molar-refractivity contribution in [1.82, 2.24) is 10.3 Å². The summed E-state index contributed by atoms with van der Waals surface area (Å²) in [6, 6.07) is 3.31. The number of aromatic amines is 1. The van der Waals surface area contributed by atoms with Crippen LogP contribution in [0.25, 0.3) is 11.1 Å². The number of pyridine rings is 1. The lowest BCUT2D eigenvalue weighted by atomic mass is 10.0. The zero-order chi connectivity index (χ0) is 24.0. The first-order valence-electron chi connectivity index (χ1n) is 11.0. The molecule has 2 aromatic rings. The minimum absolute atomic E-state index is 0.00328. The molecule has 1 aromatic carbocycles. The molecule has 2 heterocycles. The molecular formula is C23H28F4N4O2. The number of H-pyrrole nitrogens is 1. The summed E-state index contributed by atoms with van der Waals surface area (Å²) in [6.07, 6.45) is 5.99. The summed E-state index contributed by atoms with van der Waals surface area (Å²) in [4.78, 5) is 30.2. The van der Waals surface area contributed by atoms with Crippen molar-refractivity contribution < 1.29 is 22.4 Å². The van der Waals surface area contributed by atoms with E-state index in [-0.39, 0.29) is 17.2 Å². The van der Waals surface area contributed by atoms with Crippen molar-refractivity contribution in [3.05, 3.63) is 51.9 Å². The maximum atomic E-state index is 13.9. The fourth-order valence-electron chi connectivity index (χ4n) is 4.15. The number of hydrogen-bond acceptors (Lipinski definition) is 4. The number of alkyl halides is 2. The molecule has 6 nitrogen and oxygen atoms in total. The Hall–Kier alpha value is -2.88. The molecule has 33 heavy (non-hydrogen) atoms. The number of aromatic nitrogens is 1. The largest absolute Gasteiger partial charge is 0.370 e. The molecule has 4 N–H and O–H groups in total. The van der Waals surface area contributed by atoms with Crippen LogP contribution in [-0.2, 0) is 0 Å². The maximum Gasteiger partial charge on any atom is 0.262 e. The quantitative estimate of drug-likeness (QED) is 0.541. The van der Waals surface area contributed by atoms with E-state index in [1.807, 2.05) is 4.90 Å². The molecule has 1 saturated heterocycles. The van der Waals surface area contributed by atoms with Crippen molar-refractivity contribution in [2.24, 2.45) is 11.7 Å². The Morgan fingerprint density at radius 1 is 1.15 bits per heavy atom. The van der Waals surface area contributed by atoms with Crippen LogP contribution < -0.4 is 21.5 Å². The summed E-state index contributed by atoms with van der Waals surface area (Å²) in [5.74, 6) is -1.48. The predicted molar refractivity (Wildman–Crippen MR) is 119 cm³/mol. The fourth-order valence-corrected chi connectivity index (χ4v) is 4.15. The van der Waals surface area contributed by atoms with Gasteiger partial charge in [-0.05, 0) is 62.3 Å². The van der Waals surface area contributed by atoms with Crippen molar-refractivity contribution in [2.45, 2.75) is 38.1 Å². The smallest absolute Gasteiger partial charge is 0.262 e. The number of amides is 1. The summed E-state index contributed by atoms with van der Waals surface area (Å²) < 4.78 is 47.1. The minimum atomic E-state index is -1.75. The number of hydrogen-bond donors (Lipinski definition) is 3. The molecule has 1 saturated carbocycles. The Kier molecular flexibility index (Phi) is 8.49. The summed E-state index contributed by atoms with van der Waals surface area (Å²) >= 11 is 0. The van der Waals surface area contributed by atoms with Gasteiger partial charge in [0, 0.05) is 37.0 Å². The number of nitrogens with one attached hydrogen (secondary N) is 2. The molecule has 1 atom stereocenters. The van der Waals surface area contributed by atoms with Crippen LogP contribution in [0.5, 0.6) is 0 Å². The topological polar surface area (TPSA) is 91.2 Å². The zero-order valence-electron chi connectivity index (χ0n) is 18.2. The van der Waals surface area contributed by atoms with E-state index in [0.29, 0.717) is 36.8 Å². The second-order valence-electron chi connectivity index (χ2n) is 8.29. The van der Waals surface area contributed by atoms with Gasteiger partial charge in [-0.3, -0.25) is 9.59 Å². The number of halogens is 4. The van der Waals surface area contributed by atoms with Gasteiger partial charge in [0.1, 0.15) is 17.2 Å². The van der Waals surface area contributed by atoms with Crippen LogP contribution in [0.1, 0.15) is 42.5 Å². The molecule has 10 heteroatoms. The van der Waals surface area contributed by atoms with Crippen LogP contribution >= 0.6 is 0 Å². The highest BCUT2D eigenvalue weighted by Gasteiger charge is 2.32. The van der Waals surface area contributed by atoms with Crippen LogP contribution in [0.3, 0.4) is 0 Å². The molecule has 1 unspecified atom stereocenters. The van der Waals surface area contributed by atoms with E-state index < -0.39 is 30.0 Å². The van der Waals surface area contributed by atoms with E-state index in [9.17, 15) is 27.2 Å². The number of carbonyl (C=O) groups excluding carboxylic acids is 1. The Morgan fingerprint density at radius 2 is 1.82 bits per heavy atom. The molecule has 180 valence electrons. The number of nitrogens with zero attached hydrogens (tertiary/aromatic N) is 1. The lowest BCUT2D eigenvalue weighted by Gasteiger charge is -2.25. The summed E-state index contributed by atoms with van der Waals surface area (Å²) in [7, 11) is 0. The standard InChI is InChI=1S/C22H26F2N4O2.CH2F2/c23-15-8-14(9-16(24)10-15)18-11-26-21(29)19(22(30)27-17-3-4-17)20(18)28-7-5-13(12-28)2-1-6-25;2-1-3/h8-11,13,17H,1-7,12,25H2,(H,26,29)(H,27,30);1H2. The fraction of sp³-hybridized carbons (Fsp3) is 0.478. The summed E-state index contributed by atoms with van der Waals surface area (Å²) in [6.45, 7) is 0.190. The van der Waals surface area contributed by atoms with E-state index >= 15 is 0 Å². The highest BCUT2D eigenvalue weighted by atomic mass is 19.3. The van der Waals surface area contributed by atoms with Gasteiger partial charge in [0.2, 0.25) is 6.93 Å². The van der Waals surface area contributed by atoms with Gasteiger partial charge in [0.05, 0.1) is 5.69 Å². The van der Waals surface area contributed by atoms with Gasteiger partial charge in [-0.1, -0.05) is 0 Å². The molecule has 4 rings (SSSR count). The van der Waals surface area contributed by atoms with Gasteiger partial charge in [-0.15, -0.1) is 0 Å². The monoisotopic (exact) mass is 468 g/mol. The van der Waals surface area contributed by atoms with Crippen LogP contribution in [0.2, 0.25) is 0 Å². The number of anilines is 1. The van der Waals surface area contributed by atoms with Crippen LogP contribution in [-0.4, -0.2) is 43.5 Å². The van der Waals surface area contributed by atoms with Crippen molar-refractivity contribution >= 4 is 11.6 Å². The van der Waals surface area contributed by atoms with Crippen LogP contribution in [0, 0.1) is 17.6 Å². The zero-order valence-corrected chi connectivity index (χ0v) is 18.2. The van der Waals surface area contributed by atoms with Crippen molar-refractivity contribution in [1.29, 1.82) is 0 Å². The molecular weight excluding hydrogens is 440 g/mol. The molecule has 0 spiro atoms. The summed E-state index contributed by atoms with van der Waals surface area (Å²) in [5, 5.41) is 2.87. The van der Waals surface area contributed by atoms with Gasteiger partial charge in [-0.2, -0.15) is 0 Å². The molecule has 0 radical (unpaired) electrons. The Balaban J connectivity index is 0.000000968. The number of benzene rings is 1. The third kappa shape index (κ3) is 6.34. The number of carbonyl (C=O) groups is 1. The predicted octanol–water partition coefficient (Wildman–Crippen LogP) is 3.66. The Bertz CT molecular complexity index is 1010. The first-order valence-corrected chi connectivity index (χ1v) is 11.0. The lowest BCUT2D eigenvalue weighted by Crippen LogP contribution is -2.35. The average Bonchev–Trinajstić information content (AvgIpc) is 3.45. The molecule has 1 aliphatic heterocycles. The molecule has 2 aliphatic rings. The van der Waals surface area contributed by atoms with Gasteiger partial charge in [0.25, 0.3) is 11.5 Å². The maximum absolute atomic E-state index is 13.9. The van der Waals surface area contributed by atoms with Crippen molar-refractivity contribution in [3.8, 4) is 11.1 Å². The highest BCUT2D eigenvalue weighted by Crippen LogP contribution is 2.37. The second kappa shape index (κ2) is 11.3. The molecule has 1 aromatic heterocycles. The second-order valence-corrected chi connectivity index (χ2v) is 8.29. The first kappa shape index (κ1) is 24.8. The van der Waals surface area contributed by atoms with Gasteiger partial charge >= 0.3 is 0 Å². The molecule has 0 bridgehead atoms. The van der Waals surface area contributed by atoms with Crippen molar-refractivity contribution in [3.63, 3.8) is 0 Å². The van der Waals surface area contributed by atoms with E-state index in [2.05, 4.69) is 10.3 Å². The number of rotatable bonds is 7. The highest BCUT2D eigenvalue weighted by molar-refractivity contribution is 6.03. The Morgan fingerprint density at radius 3 is 2.42 bits per heavy atom. The molecule has 1 aliphatic carbocycles. The van der Waals surface area contributed by atoms with Crippen molar-refractivity contribution in [2.75, 3.05) is 31.5 Å². The third-order valence-electron chi connectivity index (χ3n) is 5.80. The molecule has 2 fully saturated rings.